The van der Waals surface area contributed by atoms with Crippen LogP contribution in [0.4, 0.5) is 0 Å². The summed E-state index contributed by atoms with van der Waals surface area (Å²) in [5.74, 6) is 0.168. The lowest BCUT2D eigenvalue weighted by atomic mass is 10.2. The van der Waals surface area contributed by atoms with Crippen molar-refractivity contribution in [2.75, 3.05) is 13.2 Å². The molecule has 8 heteroatoms. The molecule has 0 heterocycles. The second kappa shape index (κ2) is 10.9. The number of rotatable bonds is 7. The predicted octanol–water partition coefficient (Wildman–Crippen LogP) is 2.36. The van der Waals surface area contributed by atoms with E-state index in [-0.39, 0.29) is 11.7 Å². The molecule has 2 aromatic carbocycles. The van der Waals surface area contributed by atoms with Crippen molar-refractivity contribution in [2.24, 2.45) is 0 Å². The van der Waals surface area contributed by atoms with Gasteiger partial charge in [0.25, 0.3) is 11.8 Å². The summed E-state index contributed by atoms with van der Waals surface area (Å²) in [6.45, 7) is 4.13. The standard InChI is InChI=1S/C20H23N3O4S/c1-3-14-9-11-15(12-10-14)27-13-18(24)22-23-20(28)21-19(25)16-7-5-6-8-17(16)26-4-2/h5-12H,3-4,13H2,1-2H3,(H,22,24)(H2,21,23,25,28). The first-order valence-electron chi connectivity index (χ1n) is 8.87. The van der Waals surface area contributed by atoms with Crippen LogP contribution < -0.4 is 25.6 Å². The minimum absolute atomic E-state index is 0.0445. The number of aryl methyl sites for hydroxylation is 1. The summed E-state index contributed by atoms with van der Waals surface area (Å²) in [7, 11) is 0. The SMILES string of the molecule is CCOc1ccccc1C(=O)NC(=S)NNC(=O)COc1ccc(CC)cc1. The number of benzene rings is 2. The van der Waals surface area contributed by atoms with Crippen LogP contribution in [0.3, 0.4) is 0 Å². The molecule has 0 atom stereocenters. The first-order chi connectivity index (χ1) is 13.5. The molecule has 7 nitrogen and oxygen atoms in total. The Morgan fingerprint density at radius 3 is 2.36 bits per heavy atom. The Bertz CT molecular complexity index is 824. The molecule has 0 aliphatic carbocycles. The number of hydrogen-bond acceptors (Lipinski definition) is 5. The number of para-hydroxylation sites is 1. The number of carbonyl (C=O) groups excluding carboxylic acids is 2. The van der Waals surface area contributed by atoms with Crippen LogP contribution in [-0.4, -0.2) is 30.1 Å². The number of thiocarbonyl (C=S) groups is 1. The first-order valence-corrected chi connectivity index (χ1v) is 9.28. The highest BCUT2D eigenvalue weighted by molar-refractivity contribution is 7.80. The van der Waals surface area contributed by atoms with Gasteiger partial charge in [0, 0.05) is 0 Å². The Kier molecular flexibility index (Phi) is 8.23. The van der Waals surface area contributed by atoms with Crippen LogP contribution in [0.5, 0.6) is 11.5 Å². The third-order valence-electron chi connectivity index (χ3n) is 3.68. The molecule has 0 aromatic heterocycles. The van der Waals surface area contributed by atoms with Gasteiger partial charge in [-0.05, 0) is 55.4 Å². The minimum atomic E-state index is -0.442. The van der Waals surface area contributed by atoms with Gasteiger partial charge in [-0.1, -0.05) is 31.2 Å². The number of nitrogens with one attached hydrogen (secondary N) is 3. The predicted molar refractivity (Wildman–Crippen MR) is 110 cm³/mol. The largest absolute Gasteiger partial charge is 0.493 e. The van der Waals surface area contributed by atoms with Crippen molar-refractivity contribution >= 4 is 29.1 Å². The third kappa shape index (κ3) is 6.55. The van der Waals surface area contributed by atoms with Crippen LogP contribution in [0.1, 0.15) is 29.8 Å². The lowest BCUT2D eigenvalue weighted by molar-refractivity contribution is -0.123. The van der Waals surface area contributed by atoms with Crippen LogP contribution in [0.15, 0.2) is 48.5 Å². The monoisotopic (exact) mass is 401 g/mol. The summed E-state index contributed by atoms with van der Waals surface area (Å²) in [6, 6.07) is 14.3. The average Bonchev–Trinajstić information content (AvgIpc) is 2.71. The molecule has 0 aliphatic rings. The Hall–Kier alpha value is -3.13. The van der Waals surface area contributed by atoms with E-state index in [4.69, 9.17) is 21.7 Å². The van der Waals surface area contributed by atoms with Gasteiger partial charge in [-0.3, -0.25) is 25.8 Å². The zero-order valence-electron chi connectivity index (χ0n) is 15.8. The van der Waals surface area contributed by atoms with Gasteiger partial charge in [0.15, 0.2) is 11.7 Å². The second-order valence-electron chi connectivity index (χ2n) is 5.67. The number of carbonyl (C=O) groups is 2. The lowest BCUT2D eigenvalue weighted by Crippen LogP contribution is -2.49. The molecule has 3 N–H and O–H groups in total. The van der Waals surface area contributed by atoms with E-state index in [0.29, 0.717) is 23.7 Å². The second-order valence-corrected chi connectivity index (χ2v) is 6.08. The summed E-state index contributed by atoms with van der Waals surface area (Å²) < 4.78 is 10.8. The molecule has 0 fully saturated rings. The van der Waals surface area contributed by atoms with E-state index in [2.05, 4.69) is 23.1 Å². The molecule has 0 aliphatic heterocycles. The topological polar surface area (TPSA) is 88.7 Å². The molecule has 28 heavy (non-hydrogen) atoms. The van der Waals surface area contributed by atoms with Crippen LogP contribution in [0.2, 0.25) is 0 Å². The van der Waals surface area contributed by atoms with Gasteiger partial charge < -0.3 is 9.47 Å². The molecular weight excluding hydrogens is 378 g/mol. The van der Waals surface area contributed by atoms with E-state index in [1.165, 1.54) is 5.56 Å². The van der Waals surface area contributed by atoms with E-state index in [1.807, 2.05) is 19.1 Å². The van der Waals surface area contributed by atoms with Gasteiger partial charge in [-0.15, -0.1) is 0 Å². The third-order valence-corrected chi connectivity index (χ3v) is 3.88. The fourth-order valence-electron chi connectivity index (χ4n) is 2.27. The van der Waals surface area contributed by atoms with Crippen molar-refractivity contribution in [3.8, 4) is 11.5 Å². The van der Waals surface area contributed by atoms with Gasteiger partial charge in [0.1, 0.15) is 11.5 Å². The van der Waals surface area contributed by atoms with E-state index < -0.39 is 11.8 Å². The smallest absolute Gasteiger partial charge is 0.276 e. The zero-order valence-corrected chi connectivity index (χ0v) is 16.6. The van der Waals surface area contributed by atoms with Crippen molar-refractivity contribution in [3.05, 3.63) is 59.7 Å². The average molecular weight is 401 g/mol. The zero-order chi connectivity index (χ0) is 20.4. The van der Waals surface area contributed by atoms with Crippen LogP contribution in [0, 0.1) is 0 Å². The van der Waals surface area contributed by atoms with Crippen molar-refractivity contribution in [1.82, 2.24) is 16.2 Å². The Morgan fingerprint density at radius 1 is 0.964 bits per heavy atom. The molecule has 0 unspecified atom stereocenters. The van der Waals surface area contributed by atoms with Gasteiger partial charge in [0.05, 0.1) is 12.2 Å². The number of hydrazine groups is 1. The van der Waals surface area contributed by atoms with E-state index in [1.54, 1.807) is 36.4 Å². The first kappa shape index (κ1) is 21.2. The van der Waals surface area contributed by atoms with Crippen molar-refractivity contribution in [3.63, 3.8) is 0 Å². The van der Waals surface area contributed by atoms with Crippen molar-refractivity contribution < 1.29 is 19.1 Å². The molecule has 0 saturated carbocycles. The Labute approximate surface area is 169 Å². The normalized spacial score (nSPS) is 9.93. The molecule has 2 aromatic rings. The molecule has 0 saturated heterocycles. The maximum Gasteiger partial charge on any atom is 0.276 e. The van der Waals surface area contributed by atoms with Crippen molar-refractivity contribution in [1.29, 1.82) is 0 Å². The maximum atomic E-state index is 12.3. The summed E-state index contributed by atoms with van der Waals surface area (Å²) in [5, 5.41) is 2.44. The van der Waals surface area contributed by atoms with Gasteiger partial charge in [0.2, 0.25) is 0 Å². The number of hydrogen-bond donors (Lipinski definition) is 3. The van der Waals surface area contributed by atoms with E-state index in [9.17, 15) is 9.59 Å². The fraction of sp³-hybridized carbons (Fsp3) is 0.250. The highest BCUT2D eigenvalue weighted by atomic mass is 32.1. The molecule has 0 radical (unpaired) electrons. The summed E-state index contributed by atoms with van der Waals surface area (Å²) in [6.07, 6.45) is 0.933. The van der Waals surface area contributed by atoms with Gasteiger partial charge >= 0.3 is 0 Å². The summed E-state index contributed by atoms with van der Waals surface area (Å²) in [4.78, 5) is 24.2. The van der Waals surface area contributed by atoms with Crippen LogP contribution in [-0.2, 0) is 11.2 Å². The summed E-state index contributed by atoms with van der Waals surface area (Å²) in [5.41, 5.74) is 6.37. The van der Waals surface area contributed by atoms with Gasteiger partial charge in [-0.2, -0.15) is 0 Å². The molecule has 0 bridgehead atoms. The molecule has 0 spiro atoms. The fourth-order valence-corrected chi connectivity index (χ4v) is 2.41. The van der Waals surface area contributed by atoms with E-state index >= 15 is 0 Å². The molecule has 148 valence electrons. The van der Waals surface area contributed by atoms with E-state index in [0.717, 1.165) is 6.42 Å². The highest BCUT2D eigenvalue weighted by Crippen LogP contribution is 2.17. The molecular formula is C20H23N3O4S. The highest BCUT2D eigenvalue weighted by Gasteiger charge is 2.13. The van der Waals surface area contributed by atoms with Crippen molar-refractivity contribution in [2.45, 2.75) is 20.3 Å². The number of amides is 2. The number of ether oxygens (including phenoxy) is 2. The quantitative estimate of drug-likeness (QED) is 0.488. The molecule has 2 amide bonds. The minimum Gasteiger partial charge on any atom is -0.493 e. The van der Waals surface area contributed by atoms with Crippen LogP contribution >= 0.6 is 12.2 Å². The molecule has 2 rings (SSSR count). The Morgan fingerprint density at radius 2 is 1.68 bits per heavy atom. The lowest BCUT2D eigenvalue weighted by Gasteiger charge is -2.13. The maximum absolute atomic E-state index is 12.3. The van der Waals surface area contributed by atoms with Gasteiger partial charge in [-0.25, -0.2) is 0 Å². The Balaban J connectivity index is 1.76. The summed E-state index contributed by atoms with van der Waals surface area (Å²) >= 11 is 5.02. The van der Waals surface area contributed by atoms with Crippen LogP contribution in [0.25, 0.3) is 0 Å².